The first-order valence-electron chi connectivity index (χ1n) is 5.03. The van der Waals surface area contributed by atoms with Crippen LogP contribution in [-0.2, 0) is 4.74 Å². The van der Waals surface area contributed by atoms with Gasteiger partial charge >= 0.3 is 0 Å². The summed E-state index contributed by atoms with van der Waals surface area (Å²) < 4.78 is 6.91. The molecule has 3 heterocycles. The van der Waals surface area contributed by atoms with E-state index in [1.807, 2.05) is 0 Å². The van der Waals surface area contributed by atoms with Crippen molar-refractivity contribution in [3.63, 3.8) is 0 Å². The summed E-state index contributed by atoms with van der Waals surface area (Å²) in [6, 6.07) is 3.32. The van der Waals surface area contributed by atoms with Crippen LogP contribution in [0.2, 0.25) is 0 Å². The molecule has 2 aromatic heterocycles. The fourth-order valence-electron chi connectivity index (χ4n) is 1.92. The van der Waals surface area contributed by atoms with E-state index in [2.05, 4.69) is 10.1 Å². The van der Waals surface area contributed by atoms with Crippen molar-refractivity contribution in [3.05, 3.63) is 34.4 Å². The monoisotopic (exact) mass is 205 g/mol. The lowest BCUT2D eigenvalue weighted by Gasteiger charge is -2.07. The minimum absolute atomic E-state index is 0.00222. The van der Waals surface area contributed by atoms with E-state index >= 15 is 0 Å². The Bertz CT molecular complexity index is 537. The van der Waals surface area contributed by atoms with Crippen LogP contribution < -0.4 is 5.56 Å². The van der Waals surface area contributed by atoms with Crippen LogP contribution in [-0.4, -0.2) is 21.2 Å². The molecule has 0 aliphatic carbocycles. The molecule has 3 rings (SSSR count). The molecule has 2 aromatic rings. The van der Waals surface area contributed by atoms with Crippen molar-refractivity contribution in [3.8, 4) is 0 Å². The SMILES string of the molecule is O=c1cc(C2CCCO2)nc2cc[nH]n12. The molecule has 5 nitrogen and oxygen atoms in total. The summed E-state index contributed by atoms with van der Waals surface area (Å²) in [4.78, 5) is 16.0. The average molecular weight is 205 g/mol. The van der Waals surface area contributed by atoms with Crippen LogP contribution in [0.15, 0.2) is 23.1 Å². The topological polar surface area (TPSA) is 59.4 Å². The third kappa shape index (κ3) is 1.35. The predicted molar refractivity (Wildman–Crippen MR) is 53.7 cm³/mol. The molecule has 0 amide bonds. The van der Waals surface area contributed by atoms with Crippen LogP contribution in [0, 0.1) is 0 Å². The van der Waals surface area contributed by atoms with Crippen molar-refractivity contribution in [2.75, 3.05) is 6.61 Å². The molecule has 0 bridgehead atoms. The fourth-order valence-corrected chi connectivity index (χ4v) is 1.92. The molecule has 0 aromatic carbocycles. The fraction of sp³-hybridized carbons (Fsp3) is 0.400. The lowest BCUT2D eigenvalue weighted by molar-refractivity contribution is 0.108. The number of ether oxygens (including phenoxy) is 1. The Kier molecular flexibility index (Phi) is 1.85. The van der Waals surface area contributed by atoms with Crippen LogP contribution in [0.25, 0.3) is 5.65 Å². The molecule has 1 atom stereocenters. The molecule has 1 aliphatic rings. The Morgan fingerprint density at radius 3 is 3.33 bits per heavy atom. The van der Waals surface area contributed by atoms with Crippen LogP contribution in [0.1, 0.15) is 24.6 Å². The van der Waals surface area contributed by atoms with Gasteiger partial charge in [-0.2, -0.15) is 0 Å². The van der Waals surface area contributed by atoms with E-state index in [0.29, 0.717) is 5.65 Å². The summed E-state index contributed by atoms with van der Waals surface area (Å²) >= 11 is 0. The van der Waals surface area contributed by atoms with Crippen molar-refractivity contribution >= 4 is 5.65 Å². The van der Waals surface area contributed by atoms with Crippen LogP contribution in [0.4, 0.5) is 0 Å². The molecule has 1 N–H and O–H groups in total. The van der Waals surface area contributed by atoms with Gasteiger partial charge in [-0.1, -0.05) is 0 Å². The molecule has 1 unspecified atom stereocenters. The Balaban J connectivity index is 2.15. The molecule has 1 aliphatic heterocycles. The minimum Gasteiger partial charge on any atom is -0.372 e. The summed E-state index contributed by atoms with van der Waals surface area (Å²) in [6.07, 6.45) is 3.69. The molecule has 1 fully saturated rings. The summed E-state index contributed by atoms with van der Waals surface area (Å²) in [5.74, 6) is 0. The predicted octanol–water partition coefficient (Wildman–Crippen LogP) is 0.874. The highest BCUT2D eigenvalue weighted by Gasteiger charge is 2.20. The van der Waals surface area contributed by atoms with Gasteiger partial charge in [-0.05, 0) is 12.8 Å². The Morgan fingerprint density at radius 2 is 2.53 bits per heavy atom. The Labute approximate surface area is 85.7 Å². The van der Waals surface area contributed by atoms with Gasteiger partial charge in [0, 0.05) is 24.9 Å². The van der Waals surface area contributed by atoms with Gasteiger partial charge in [0.1, 0.15) is 0 Å². The van der Waals surface area contributed by atoms with E-state index in [1.54, 1.807) is 18.3 Å². The van der Waals surface area contributed by atoms with Gasteiger partial charge in [0.05, 0.1) is 11.8 Å². The number of hydrogen-bond donors (Lipinski definition) is 1. The third-order valence-corrected chi connectivity index (χ3v) is 2.66. The number of nitrogens with zero attached hydrogens (tertiary/aromatic N) is 2. The van der Waals surface area contributed by atoms with Gasteiger partial charge < -0.3 is 4.74 Å². The number of hydrogen-bond acceptors (Lipinski definition) is 3. The van der Waals surface area contributed by atoms with Crippen molar-refractivity contribution in [1.82, 2.24) is 14.6 Å². The molecule has 0 radical (unpaired) electrons. The average Bonchev–Trinajstić information content (AvgIpc) is 2.88. The zero-order valence-corrected chi connectivity index (χ0v) is 8.14. The second-order valence-corrected chi connectivity index (χ2v) is 3.68. The first-order chi connectivity index (χ1) is 7.34. The molecule has 78 valence electrons. The maximum absolute atomic E-state index is 11.7. The maximum atomic E-state index is 11.7. The van der Waals surface area contributed by atoms with E-state index in [4.69, 9.17) is 4.74 Å². The summed E-state index contributed by atoms with van der Waals surface area (Å²) in [5.41, 5.74) is 1.31. The summed E-state index contributed by atoms with van der Waals surface area (Å²) in [5, 5.41) is 2.81. The normalized spacial score (nSPS) is 21.2. The van der Waals surface area contributed by atoms with Gasteiger partial charge in [-0.15, -0.1) is 0 Å². The zero-order chi connectivity index (χ0) is 10.3. The number of H-pyrrole nitrogens is 1. The number of nitrogens with one attached hydrogen (secondary N) is 1. The van der Waals surface area contributed by atoms with E-state index < -0.39 is 0 Å². The van der Waals surface area contributed by atoms with Crippen molar-refractivity contribution in [1.29, 1.82) is 0 Å². The maximum Gasteiger partial charge on any atom is 0.272 e. The first kappa shape index (κ1) is 8.67. The quantitative estimate of drug-likeness (QED) is 0.751. The summed E-state index contributed by atoms with van der Waals surface area (Å²) in [6.45, 7) is 0.763. The van der Waals surface area contributed by atoms with Gasteiger partial charge in [0.15, 0.2) is 5.65 Å². The Morgan fingerprint density at radius 1 is 1.60 bits per heavy atom. The number of fused-ring (bicyclic) bond motifs is 1. The highest BCUT2D eigenvalue weighted by Crippen LogP contribution is 2.26. The molecule has 5 heteroatoms. The lowest BCUT2D eigenvalue weighted by atomic mass is 10.2. The zero-order valence-electron chi connectivity index (χ0n) is 8.14. The number of aromatic nitrogens is 3. The van der Waals surface area contributed by atoms with Gasteiger partial charge in [-0.25, -0.2) is 9.50 Å². The van der Waals surface area contributed by atoms with Crippen molar-refractivity contribution in [2.45, 2.75) is 18.9 Å². The van der Waals surface area contributed by atoms with Crippen LogP contribution >= 0.6 is 0 Å². The van der Waals surface area contributed by atoms with Gasteiger partial charge in [-0.3, -0.25) is 9.89 Å². The minimum atomic E-state index is -0.0875. The van der Waals surface area contributed by atoms with Crippen LogP contribution in [0.3, 0.4) is 0 Å². The van der Waals surface area contributed by atoms with Gasteiger partial charge in [0.2, 0.25) is 0 Å². The van der Waals surface area contributed by atoms with E-state index in [1.165, 1.54) is 4.52 Å². The van der Waals surface area contributed by atoms with Crippen molar-refractivity contribution in [2.24, 2.45) is 0 Å². The highest BCUT2D eigenvalue weighted by atomic mass is 16.5. The van der Waals surface area contributed by atoms with Crippen LogP contribution in [0.5, 0.6) is 0 Å². The third-order valence-electron chi connectivity index (χ3n) is 2.66. The molecular formula is C10H11N3O2. The lowest BCUT2D eigenvalue weighted by Crippen LogP contribution is -2.16. The Hall–Kier alpha value is -1.62. The second kappa shape index (κ2) is 3.20. The highest BCUT2D eigenvalue weighted by molar-refractivity contribution is 5.36. The molecule has 0 spiro atoms. The molecule has 15 heavy (non-hydrogen) atoms. The van der Waals surface area contributed by atoms with E-state index in [9.17, 15) is 4.79 Å². The van der Waals surface area contributed by atoms with E-state index in [-0.39, 0.29) is 11.7 Å². The first-order valence-corrected chi connectivity index (χ1v) is 5.03. The smallest absolute Gasteiger partial charge is 0.272 e. The van der Waals surface area contributed by atoms with Crippen molar-refractivity contribution < 1.29 is 4.74 Å². The largest absolute Gasteiger partial charge is 0.372 e. The second-order valence-electron chi connectivity index (χ2n) is 3.68. The molecule has 1 saturated heterocycles. The summed E-state index contributed by atoms with van der Waals surface area (Å²) in [7, 11) is 0. The standard InChI is InChI=1S/C10H11N3O2/c14-10-6-7(8-2-1-5-15-8)12-9-3-4-11-13(9)10/h3-4,6,8,11H,1-2,5H2. The molecular weight excluding hydrogens is 194 g/mol. The van der Waals surface area contributed by atoms with Gasteiger partial charge in [0.25, 0.3) is 5.56 Å². The number of rotatable bonds is 1. The molecule has 0 saturated carbocycles. The van der Waals surface area contributed by atoms with E-state index in [0.717, 1.165) is 25.1 Å². The number of aromatic amines is 1.